The maximum Gasteiger partial charge on any atom is 0.303 e. The van der Waals surface area contributed by atoms with E-state index >= 15 is 0 Å². The molecule has 1 aliphatic heterocycles. The van der Waals surface area contributed by atoms with Crippen LogP contribution in [0.25, 0.3) is 0 Å². The van der Waals surface area contributed by atoms with E-state index in [1.165, 1.54) is 6.92 Å². The van der Waals surface area contributed by atoms with Crippen LogP contribution in [0.5, 0.6) is 0 Å². The zero-order chi connectivity index (χ0) is 25.5. The third-order valence-electron chi connectivity index (χ3n) is 4.42. The lowest BCUT2D eigenvalue weighted by Gasteiger charge is -2.44. The minimum Gasteiger partial charge on any atom is -0.463 e. The summed E-state index contributed by atoms with van der Waals surface area (Å²) >= 11 is 17.2. The van der Waals surface area contributed by atoms with Gasteiger partial charge in [-0.15, -0.1) is 0 Å². The average molecular weight is 541 g/mol. The largest absolute Gasteiger partial charge is 0.463 e. The fraction of sp³-hybridized carbons (Fsp3) is 0.524. The number of benzene rings is 1. The molecule has 34 heavy (non-hydrogen) atoms. The van der Waals surface area contributed by atoms with Crippen molar-refractivity contribution in [2.45, 2.75) is 61.9 Å². The van der Waals surface area contributed by atoms with E-state index in [2.05, 4.69) is 0 Å². The van der Waals surface area contributed by atoms with E-state index in [9.17, 15) is 14.4 Å². The van der Waals surface area contributed by atoms with Gasteiger partial charge in [-0.25, -0.2) is 0 Å². The van der Waals surface area contributed by atoms with Crippen LogP contribution in [0, 0.1) is 5.41 Å². The Morgan fingerprint density at radius 2 is 1.50 bits per heavy atom. The molecule has 0 radical (unpaired) electrons. The van der Waals surface area contributed by atoms with Crippen LogP contribution >= 0.6 is 34.8 Å². The summed E-state index contributed by atoms with van der Waals surface area (Å²) in [4.78, 5) is 35.1. The first-order chi connectivity index (χ1) is 15.9. The van der Waals surface area contributed by atoms with Crippen molar-refractivity contribution in [2.75, 3.05) is 6.61 Å². The third kappa shape index (κ3) is 8.59. The number of alkyl halides is 3. The van der Waals surface area contributed by atoms with Crippen LogP contribution in [0.15, 0.2) is 30.3 Å². The minimum atomic E-state index is -2.23. The number of nitrogens with one attached hydrogen (secondary N) is 1. The van der Waals surface area contributed by atoms with Gasteiger partial charge in [0.1, 0.15) is 12.7 Å². The Morgan fingerprint density at radius 1 is 0.912 bits per heavy atom. The van der Waals surface area contributed by atoms with E-state index in [4.69, 9.17) is 68.6 Å². The molecular weight excluding hydrogens is 517 g/mol. The van der Waals surface area contributed by atoms with Crippen molar-refractivity contribution in [1.29, 1.82) is 5.41 Å². The Balaban J connectivity index is 2.43. The third-order valence-corrected chi connectivity index (χ3v) is 4.94. The number of rotatable bonds is 8. The molecule has 0 aromatic heterocycles. The maximum absolute atomic E-state index is 11.9. The summed E-state index contributed by atoms with van der Waals surface area (Å²) in [7, 11) is 0. The molecule has 1 saturated heterocycles. The number of carbonyl (C=O) groups excluding carboxylic acids is 3. The van der Waals surface area contributed by atoms with Gasteiger partial charge in [0.05, 0.1) is 6.61 Å². The summed E-state index contributed by atoms with van der Waals surface area (Å²) < 4.78 is 30.7. The SMILES string of the molecule is CC(=O)OCC1OC(OC(=N)C(Cl)(Cl)Cl)C(OCc2ccccc2)C(OC(C)=O)C1OC(C)=O. The van der Waals surface area contributed by atoms with Gasteiger partial charge >= 0.3 is 17.9 Å². The van der Waals surface area contributed by atoms with E-state index in [0.717, 1.165) is 19.4 Å². The molecule has 1 aliphatic rings. The second-order valence-corrected chi connectivity index (χ2v) is 9.48. The highest BCUT2D eigenvalue weighted by Crippen LogP contribution is 2.34. The average Bonchev–Trinajstić information content (AvgIpc) is 2.73. The standard InChI is InChI=1S/C21H24Cl3NO9/c1-11(26)29-10-15-16(31-12(2)27)17(32-13(3)28)18(30-9-14-7-5-4-6-8-14)19(33-15)34-20(25)21(22,23)24/h4-8,15-19,25H,9-10H2,1-3H3. The number of hydrogen-bond donors (Lipinski definition) is 1. The van der Waals surface area contributed by atoms with Gasteiger partial charge in [0.25, 0.3) is 3.79 Å². The summed E-state index contributed by atoms with van der Waals surface area (Å²) in [6, 6.07) is 8.99. The molecule has 1 aromatic rings. The summed E-state index contributed by atoms with van der Waals surface area (Å²) in [6.45, 7) is 3.08. The molecule has 0 aliphatic carbocycles. The number of halogens is 3. The van der Waals surface area contributed by atoms with Crippen LogP contribution in [0.2, 0.25) is 0 Å². The minimum absolute atomic E-state index is 0.00893. The highest BCUT2D eigenvalue weighted by molar-refractivity contribution is 6.76. The van der Waals surface area contributed by atoms with Gasteiger partial charge in [-0.3, -0.25) is 19.8 Å². The smallest absolute Gasteiger partial charge is 0.303 e. The van der Waals surface area contributed by atoms with Crippen LogP contribution in [-0.4, -0.2) is 64.9 Å². The Bertz CT molecular complexity index is 878. The molecule has 188 valence electrons. The lowest BCUT2D eigenvalue weighted by Crippen LogP contribution is -2.63. The zero-order valence-electron chi connectivity index (χ0n) is 18.5. The first kappa shape index (κ1) is 28.1. The van der Waals surface area contributed by atoms with Crippen molar-refractivity contribution in [2.24, 2.45) is 0 Å². The van der Waals surface area contributed by atoms with E-state index in [1.54, 1.807) is 24.3 Å². The quantitative estimate of drug-likeness (QED) is 0.174. The van der Waals surface area contributed by atoms with Crippen LogP contribution in [-0.2, 0) is 49.4 Å². The Labute approximate surface area is 211 Å². The van der Waals surface area contributed by atoms with E-state index in [1.807, 2.05) is 6.07 Å². The monoisotopic (exact) mass is 539 g/mol. The molecular formula is C21H24Cl3NO9. The topological polar surface area (TPSA) is 130 Å². The van der Waals surface area contributed by atoms with Gasteiger partial charge in [0.15, 0.2) is 18.3 Å². The van der Waals surface area contributed by atoms with Gasteiger partial charge in [-0.05, 0) is 5.56 Å². The first-order valence-corrected chi connectivity index (χ1v) is 11.1. The first-order valence-electron chi connectivity index (χ1n) is 9.99. The molecule has 10 nitrogen and oxygen atoms in total. The molecule has 0 spiro atoms. The fourth-order valence-electron chi connectivity index (χ4n) is 3.09. The Hall–Kier alpha value is -2.11. The fourth-order valence-corrected chi connectivity index (χ4v) is 3.23. The van der Waals surface area contributed by atoms with Gasteiger partial charge in [-0.2, -0.15) is 0 Å². The molecule has 0 amide bonds. The summed E-state index contributed by atoms with van der Waals surface area (Å²) in [5.41, 5.74) is 0.755. The van der Waals surface area contributed by atoms with E-state index in [0.29, 0.717) is 0 Å². The second-order valence-electron chi connectivity index (χ2n) is 7.20. The van der Waals surface area contributed by atoms with Crippen LogP contribution in [0.1, 0.15) is 26.3 Å². The molecule has 0 bridgehead atoms. The van der Waals surface area contributed by atoms with Crippen molar-refractivity contribution in [1.82, 2.24) is 0 Å². The normalized spacial score (nSPS) is 24.6. The summed E-state index contributed by atoms with van der Waals surface area (Å²) in [5, 5.41) is 7.94. The molecule has 1 N–H and O–H groups in total. The lowest BCUT2D eigenvalue weighted by atomic mass is 9.98. The van der Waals surface area contributed by atoms with Crippen LogP contribution in [0.4, 0.5) is 0 Å². The molecule has 5 atom stereocenters. The zero-order valence-corrected chi connectivity index (χ0v) is 20.8. The molecule has 2 rings (SSSR count). The van der Waals surface area contributed by atoms with Crippen molar-refractivity contribution < 1.29 is 42.8 Å². The molecule has 1 fully saturated rings. The number of esters is 3. The van der Waals surface area contributed by atoms with Gasteiger partial charge in [0.2, 0.25) is 12.2 Å². The van der Waals surface area contributed by atoms with Crippen molar-refractivity contribution in [3.8, 4) is 0 Å². The summed E-state index contributed by atoms with van der Waals surface area (Å²) in [6.07, 6.45) is -6.41. The van der Waals surface area contributed by atoms with Crippen molar-refractivity contribution in [3.63, 3.8) is 0 Å². The number of ether oxygens (including phenoxy) is 6. The second kappa shape index (κ2) is 12.6. The predicted octanol–water partition coefficient (Wildman–Crippen LogP) is 3.09. The molecule has 5 unspecified atom stereocenters. The molecule has 1 heterocycles. The van der Waals surface area contributed by atoms with Gasteiger partial charge < -0.3 is 28.4 Å². The van der Waals surface area contributed by atoms with Crippen molar-refractivity contribution >= 4 is 58.6 Å². The van der Waals surface area contributed by atoms with E-state index < -0.39 is 64.9 Å². The molecule has 13 heteroatoms. The van der Waals surface area contributed by atoms with Crippen molar-refractivity contribution in [3.05, 3.63) is 35.9 Å². The van der Waals surface area contributed by atoms with Crippen LogP contribution < -0.4 is 0 Å². The van der Waals surface area contributed by atoms with Gasteiger partial charge in [-0.1, -0.05) is 65.1 Å². The summed E-state index contributed by atoms with van der Waals surface area (Å²) in [5.74, 6) is -2.87. The number of hydrogen-bond acceptors (Lipinski definition) is 10. The van der Waals surface area contributed by atoms with Gasteiger partial charge in [0, 0.05) is 20.8 Å². The maximum atomic E-state index is 11.9. The molecule has 1 aromatic carbocycles. The Morgan fingerprint density at radius 3 is 2.03 bits per heavy atom. The Kier molecular flexibility index (Phi) is 10.4. The highest BCUT2D eigenvalue weighted by atomic mass is 35.6. The van der Waals surface area contributed by atoms with E-state index in [-0.39, 0.29) is 6.61 Å². The highest BCUT2D eigenvalue weighted by Gasteiger charge is 2.53. The number of carbonyl (C=O) groups is 3. The molecule has 0 saturated carbocycles. The van der Waals surface area contributed by atoms with Crippen LogP contribution in [0.3, 0.4) is 0 Å². The lowest BCUT2D eigenvalue weighted by molar-refractivity contribution is -0.299. The predicted molar refractivity (Wildman–Crippen MR) is 121 cm³/mol.